The zero-order valence-corrected chi connectivity index (χ0v) is 9.51. The summed E-state index contributed by atoms with van der Waals surface area (Å²) >= 11 is 0. The van der Waals surface area contributed by atoms with Crippen molar-refractivity contribution in [3.8, 4) is 0 Å². The van der Waals surface area contributed by atoms with Crippen LogP contribution >= 0.6 is 0 Å². The van der Waals surface area contributed by atoms with Crippen molar-refractivity contribution in [1.82, 2.24) is 0 Å². The highest BCUT2D eigenvalue weighted by Crippen LogP contribution is 2.01. The Morgan fingerprint density at radius 1 is 0.882 bits per heavy atom. The molecule has 1 aromatic rings. The molecule has 0 amide bonds. The Labute approximate surface area is 101 Å². The molecule has 1 aliphatic carbocycles. The van der Waals surface area contributed by atoms with Gasteiger partial charge in [0, 0.05) is 18.8 Å². The number of hydrogen-bond donors (Lipinski definition) is 0. The quantitative estimate of drug-likeness (QED) is 0.632. The van der Waals surface area contributed by atoms with Gasteiger partial charge < -0.3 is 0 Å². The van der Waals surface area contributed by atoms with Gasteiger partial charge in [-0.05, 0) is 27.6 Å². The van der Waals surface area contributed by atoms with Gasteiger partial charge >= 0.3 is 0 Å². The molecule has 0 fully saturated rings. The molecule has 0 bridgehead atoms. The largest absolute Gasteiger partial charge is 0.268 e. The van der Waals surface area contributed by atoms with E-state index in [0.717, 1.165) is 6.42 Å². The number of aliphatic imine (C=N–C) groups is 1. The molecule has 0 radical (unpaired) electrons. The van der Waals surface area contributed by atoms with E-state index < -0.39 is 0 Å². The van der Waals surface area contributed by atoms with Crippen LogP contribution in [0.3, 0.4) is 0 Å². The summed E-state index contributed by atoms with van der Waals surface area (Å²) in [6.07, 6.45) is 19.4. The van der Waals surface area contributed by atoms with Crippen LogP contribution in [0.25, 0.3) is 18.4 Å². The third-order valence-electron chi connectivity index (χ3n) is 2.97. The maximum Gasteiger partial charge on any atom is 0.0339 e. The summed E-state index contributed by atoms with van der Waals surface area (Å²) in [6.45, 7) is 0. The molecular formula is C16H13N. The summed E-state index contributed by atoms with van der Waals surface area (Å²) in [6, 6.07) is 4.47. The van der Waals surface area contributed by atoms with Gasteiger partial charge in [-0.1, -0.05) is 48.6 Å². The molecule has 1 heterocycles. The first-order chi connectivity index (χ1) is 8.43. The minimum absolute atomic E-state index is 0.929. The molecule has 17 heavy (non-hydrogen) atoms. The third-order valence-corrected chi connectivity index (χ3v) is 2.97. The molecule has 82 valence electrons. The fraction of sp³-hybridized carbons (Fsp3) is 0.0625. The van der Waals surface area contributed by atoms with Crippen LogP contribution in [0.15, 0.2) is 47.5 Å². The van der Waals surface area contributed by atoms with E-state index in [0.29, 0.717) is 0 Å². The van der Waals surface area contributed by atoms with E-state index in [9.17, 15) is 0 Å². The second kappa shape index (κ2) is 4.38. The molecule has 0 unspecified atom stereocenters. The van der Waals surface area contributed by atoms with Crippen molar-refractivity contribution in [2.24, 2.45) is 4.99 Å². The lowest BCUT2D eigenvalue weighted by Gasteiger charge is -2.05. The number of nitrogens with zero attached hydrogens (tertiary/aromatic N) is 1. The standard InChI is InChI=1S/C16H13N/c1-2-4-6-13-10-15-8-9-17-12-16(15)11-14(13)7-5-3-1/h1-7,9-12H,8H2. The summed E-state index contributed by atoms with van der Waals surface area (Å²) in [5.41, 5.74) is 2.59. The van der Waals surface area contributed by atoms with Crippen molar-refractivity contribution in [3.05, 3.63) is 64.1 Å². The Bertz CT molecular complexity index is 670. The lowest BCUT2D eigenvalue weighted by atomic mass is 10.0. The molecule has 1 aliphatic heterocycles. The molecule has 0 spiro atoms. The van der Waals surface area contributed by atoms with Crippen LogP contribution in [-0.4, -0.2) is 6.21 Å². The minimum atomic E-state index is 0.929. The monoisotopic (exact) mass is 219 g/mol. The molecule has 0 aromatic heterocycles. The maximum atomic E-state index is 4.22. The Morgan fingerprint density at radius 3 is 2.76 bits per heavy atom. The lowest BCUT2D eigenvalue weighted by Crippen LogP contribution is -2.20. The van der Waals surface area contributed by atoms with Crippen molar-refractivity contribution in [3.63, 3.8) is 0 Å². The minimum Gasteiger partial charge on any atom is -0.268 e. The number of allylic oxidation sites excluding steroid dienone is 5. The predicted octanol–water partition coefficient (Wildman–Crippen LogP) is 1.97. The van der Waals surface area contributed by atoms with E-state index in [-0.39, 0.29) is 0 Å². The van der Waals surface area contributed by atoms with Crippen LogP contribution in [0.2, 0.25) is 0 Å². The Kier molecular flexibility index (Phi) is 2.59. The second-order valence-corrected chi connectivity index (χ2v) is 4.14. The molecule has 3 rings (SSSR count). The molecule has 0 saturated carbocycles. The first kappa shape index (κ1) is 10.0. The average Bonchev–Trinajstić information content (AvgIpc) is 2.47. The van der Waals surface area contributed by atoms with Crippen LogP contribution in [0.4, 0.5) is 0 Å². The van der Waals surface area contributed by atoms with E-state index in [1.807, 2.05) is 30.6 Å². The molecule has 1 nitrogen and oxygen atoms in total. The van der Waals surface area contributed by atoms with Crippen molar-refractivity contribution < 1.29 is 0 Å². The highest BCUT2D eigenvalue weighted by Gasteiger charge is 2.01. The normalized spacial score (nSPS) is 16.0. The third kappa shape index (κ3) is 2.04. The highest BCUT2D eigenvalue weighted by atomic mass is 14.7. The van der Waals surface area contributed by atoms with Gasteiger partial charge in [-0.15, -0.1) is 0 Å². The summed E-state index contributed by atoms with van der Waals surface area (Å²) in [5.74, 6) is 0. The fourth-order valence-corrected chi connectivity index (χ4v) is 2.08. The van der Waals surface area contributed by atoms with Gasteiger partial charge in [0.05, 0.1) is 0 Å². The van der Waals surface area contributed by atoms with E-state index in [4.69, 9.17) is 0 Å². The van der Waals surface area contributed by atoms with Gasteiger partial charge in [-0.3, -0.25) is 4.99 Å². The predicted molar refractivity (Wildman–Crippen MR) is 74.1 cm³/mol. The molecular weight excluding hydrogens is 206 g/mol. The first-order valence-electron chi connectivity index (χ1n) is 5.80. The van der Waals surface area contributed by atoms with Gasteiger partial charge in [0.25, 0.3) is 0 Å². The van der Waals surface area contributed by atoms with Gasteiger partial charge in [0.15, 0.2) is 0 Å². The van der Waals surface area contributed by atoms with Crippen LogP contribution in [0, 0.1) is 0 Å². The van der Waals surface area contributed by atoms with Crippen LogP contribution in [-0.2, 0) is 6.42 Å². The van der Waals surface area contributed by atoms with Crippen molar-refractivity contribution in [2.75, 3.05) is 0 Å². The maximum absolute atomic E-state index is 4.22. The molecule has 1 aromatic carbocycles. The Morgan fingerprint density at radius 2 is 1.76 bits per heavy atom. The molecule has 0 N–H and O–H groups in total. The number of benzene rings is 1. The zero-order chi connectivity index (χ0) is 11.5. The Balaban J connectivity index is 2.29. The van der Waals surface area contributed by atoms with Gasteiger partial charge in [-0.25, -0.2) is 0 Å². The number of fused-ring (bicyclic) bond motifs is 2. The van der Waals surface area contributed by atoms with Crippen LogP contribution in [0.1, 0.15) is 11.1 Å². The van der Waals surface area contributed by atoms with Crippen LogP contribution in [0.5, 0.6) is 0 Å². The lowest BCUT2D eigenvalue weighted by molar-refractivity contribution is 1.26. The van der Waals surface area contributed by atoms with Gasteiger partial charge in [-0.2, -0.15) is 0 Å². The zero-order valence-electron chi connectivity index (χ0n) is 9.51. The van der Waals surface area contributed by atoms with Crippen molar-refractivity contribution >= 4 is 24.6 Å². The summed E-state index contributed by atoms with van der Waals surface area (Å²) in [4.78, 5) is 4.22. The Hall–Kier alpha value is -2.15. The average molecular weight is 219 g/mol. The van der Waals surface area contributed by atoms with E-state index in [2.05, 4.69) is 41.4 Å². The summed E-state index contributed by atoms with van der Waals surface area (Å²) in [5, 5.41) is 2.50. The molecule has 0 atom stereocenters. The number of hydrogen-bond acceptors (Lipinski definition) is 1. The van der Waals surface area contributed by atoms with Crippen molar-refractivity contribution in [2.45, 2.75) is 6.42 Å². The summed E-state index contributed by atoms with van der Waals surface area (Å²) < 4.78 is 0. The smallest absolute Gasteiger partial charge is 0.0339 e. The van der Waals surface area contributed by atoms with E-state index in [1.54, 1.807) is 0 Å². The topological polar surface area (TPSA) is 12.4 Å². The van der Waals surface area contributed by atoms with Gasteiger partial charge in [0.1, 0.15) is 0 Å². The van der Waals surface area contributed by atoms with E-state index >= 15 is 0 Å². The number of rotatable bonds is 0. The van der Waals surface area contributed by atoms with Gasteiger partial charge in [0.2, 0.25) is 0 Å². The van der Waals surface area contributed by atoms with Crippen LogP contribution < -0.4 is 10.4 Å². The summed E-state index contributed by atoms with van der Waals surface area (Å²) in [7, 11) is 0. The van der Waals surface area contributed by atoms with Crippen molar-refractivity contribution in [1.29, 1.82) is 0 Å². The second-order valence-electron chi connectivity index (χ2n) is 4.14. The molecule has 1 heteroatoms. The highest BCUT2D eigenvalue weighted by molar-refractivity contribution is 5.69. The SMILES string of the molecule is C1=CC=Cc2cc3c(cc2=CC=C1)CC=NC=3. The first-order valence-corrected chi connectivity index (χ1v) is 5.80. The van der Waals surface area contributed by atoms with E-state index in [1.165, 1.54) is 21.6 Å². The fourth-order valence-electron chi connectivity index (χ4n) is 2.08. The molecule has 0 saturated heterocycles. The molecule has 2 aliphatic rings.